The van der Waals surface area contributed by atoms with Crippen LogP contribution in [0.3, 0.4) is 0 Å². The molecule has 1 aromatic carbocycles. The highest BCUT2D eigenvalue weighted by atomic mass is 32.1. The SMILES string of the molecule is O=C(O)c1ccc(C(=O)N2CCC(c3nc4ccccc4o3)CC2)s1. The number of carbonyl (C=O) groups is 2. The lowest BCUT2D eigenvalue weighted by Crippen LogP contribution is -2.37. The second kappa shape index (κ2) is 6.33. The van der Waals surface area contributed by atoms with E-state index in [2.05, 4.69) is 4.98 Å². The molecule has 2 aromatic heterocycles. The Kier molecular flexibility index (Phi) is 4.01. The number of para-hydroxylation sites is 2. The number of thiophene rings is 1. The fourth-order valence-electron chi connectivity index (χ4n) is 3.12. The van der Waals surface area contributed by atoms with Gasteiger partial charge in [0.05, 0.1) is 4.88 Å². The third-order valence-electron chi connectivity index (χ3n) is 4.47. The molecule has 0 radical (unpaired) electrons. The first-order valence-corrected chi connectivity index (χ1v) is 8.91. The molecule has 6 nitrogen and oxygen atoms in total. The number of rotatable bonds is 3. The Morgan fingerprint density at radius 2 is 1.84 bits per heavy atom. The first-order valence-electron chi connectivity index (χ1n) is 8.09. The highest BCUT2D eigenvalue weighted by Crippen LogP contribution is 2.31. The summed E-state index contributed by atoms with van der Waals surface area (Å²) < 4.78 is 5.84. The summed E-state index contributed by atoms with van der Waals surface area (Å²) in [5, 5.41) is 8.98. The molecule has 1 saturated heterocycles. The molecule has 0 saturated carbocycles. The van der Waals surface area contributed by atoms with Crippen molar-refractivity contribution in [1.82, 2.24) is 9.88 Å². The van der Waals surface area contributed by atoms with E-state index < -0.39 is 5.97 Å². The molecular formula is C18H16N2O4S. The Morgan fingerprint density at radius 3 is 2.52 bits per heavy atom. The molecular weight excluding hydrogens is 340 g/mol. The molecule has 1 amide bonds. The van der Waals surface area contributed by atoms with Gasteiger partial charge in [0.25, 0.3) is 5.91 Å². The van der Waals surface area contributed by atoms with Crippen LogP contribution < -0.4 is 0 Å². The molecule has 1 aliphatic heterocycles. The van der Waals surface area contributed by atoms with Crippen molar-refractivity contribution in [2.75, 3.05) is 13.1 Å². The van der Waals surface area contributed by atoms with Crippen LogP contribution >= 0.6 is 11.3 Å². The number of fused-ring (bicyclic) bond motifs is 1. The van der Waals surface area contributed by atoms with Crippen molar-refractivity contribution in [2.24, 2.45) is 0 Å². The molecule has 0 aliphatic carbocycles. The first-order chi connectivity index (χ1) is 12.1. The number of hydrogen-bond acceptors (Lipinski definition) is 5. The lowest BCUT2D eigenvalue weighted by atomic mass is 9.96. The number of amides is 1. The van der Waals surface area contributed by atoms with Crippen LogP contribution in [0.15, 0.2) is 40.8 Å². The largest absolute Gasteiger partial charge is 0.477 e. The summed E-state index contributed by atoms with van der Waals surface area (Å²) in [5.41, 5.74) is 1.64. The zero-order valence-electron chi connectivity index (χ0n) is 13.3. The van der Waals surface area contributed by atoms with Gasteiger partial charge in [0.1, 0.15) is 10.4 Å². The number of aromatic nitrogens is 1. The predicted octanol–water partition coefficient (Wildman–Crippen LogP) is 3.61. The van der Waals surface area contributed by atoms with E-state index in [0.717, 1.165) is 41.2 Å². The summed E-state index contributed by atoms with van der Waals surface area (Å²) >= 11 is 1.02. The summed E-state index contributed by atoms with van der Waals surface area (Å²) in [6.07, 6.45) is 1.57. The van der Waals surface area contributed by atoms with Crippen LogP contribution in [-0.2, 0) is 0 Å². The molecule has 25 heavy (non-hydrogen) atoms. The molecule has 1 fully saturated rings. The van der Waals surface area contributed by atoms with Gasteiger partial charge in [0.15, 0.2) is 11.5 Å². The van der Waals surface area contributed by atoms with E-state index in [1.54, 1.807) is 11.0 Å². The van der Waals surface area contributed by atoms with Crippen molar-refractivity contribution < 1.29 is 19.1 Å². The molecule has 128 valence electrons. The molecule has 7 heteroatoms. The van der Waals surface area contributed by atoms with Crippen molar-refractivity contribution in [3.8, 4) is 0 Å². The minimum Gasteiger partial charge on any atom is -0.477 e. The third-order valence-corrected chi connectivity index (χ3v) is 5.53. The smallest absolute Gasteiger partial charge is 0.345 e. The molecule has 0 atom stereocenters. The molecule has 4 rings (SSSR count). The summed E-state index contributed by atoms with van der Waals surface area (Å²) in [6.45, 7) is 1.23. The number of carboxylic acid groups (broad SMARTS) is 1. The first kappa shape index (κ1) is 15.8. The number of hydrogen-bond donors (Lipinski definition) is 1. The molecule has 1 N–H and O–H groups in total. The standard InChI is InChI=1S/C18H16N2O4S/c21-17(14-5-6-15(25-14)18(22)23)20-9-7-11(8-10-20)16-19-12-3-1-2-4-13(12)24-16/h1-6,11H,7-10H2,(H,22,23). The van der Waals surface area contributed by atoms with Crippen molar-refractivity contribution in [2.45, 2.75) is 18.8 Å². The molecule has 3 aromatic rings. The predicted molar refractivity (Wildman–Crippen MR) is 93.2 cm³/mol. The zero-order chi connectivity index (χ0) is 17.4. The zero-order valence-corrected chi connectivity index (χ0v) is 14.2. The van der Waals surface area contributed by atoms with Gasteiger partial charge in [0.2, 0.25) is 0 Å². The van der Waals surface area contributed by atoms with Gasteiger partial charge >= 0.3 is 5.97 Å². The van der Waals surface area contributed by atoms with Gasteiger partial charge in [0, 0.05) is 19.0 Å². The molecule has 0 unspecified atom stereocenters. The lowest BCUT2D eigenvalue weighted by molar-refractivity contribution is 0.0698. The molecule has 1 aliphatic rings. The minimum absolute atomic E-state index is 0.103. The summed E-state index contributed by atoms with van der Waals surface area (Å²) in [4.78, 5) is 30.5. The van der Waals surface area contributed by atoms with Crippen molar-refractivity contribution in [1.29, 1.82) is 0 Å². The fraction of sp³-hybridized carbons (Fsp3) is 0.278. The Labute approximate surface area is 147 Å². The van der Waals surface area contributed by atoms with Gasteiger partial charge in [-0.3, -0.25) is 4.79 Å². The van der Waals surface area contributed by atoms with E-state index in [4.69, 9.17) is 9.52 Å². The van der Waals surface area contributed by atoms with Crippen molar-refractivity contribution >= 4 is 34.3 Å². The highest BCUT2D eigenvalue weighted by Gasteiger charge is 2.28. The average molecular weight is 356 g/mol. The van der Waals surface area contributed by atoms with Crippen LogP contribution in [0.2, 0.25) is 0 Å². The van der Waals surface area contributed by atoms with Gasteiger partial charge in [-0.15, -0.1) is 11.3 Å². The van der Waals surface area contributed by atoms with Crippen LogP contribution in [-0.4, -0.2) is 40.0 Å². The quantitative estimate of drug-likeness (QED) is 0.775. The van der Waals surface area contributed by atoms with Crippen LogP contribution in [0, 0.1) is 0 Å². The summed E-state index contributed by atoms with van der Waals surface area (Å²) in [6, 6.07) is 10.8. The van der Waals surface area contributed by atoms with E-state index in [9.17, 15) is 9.59 Å². The van der Waals surface area contributed by atoms with Crippen molar-refractivity contribution in [3.05, 3.63) is 52.0 Å². The Bertz CT molecular complexity index is 904. The Balaban J connectivity index is 1.43. The molecule has 3 heterocycles. The van der Waals surface area contributed by atoms with E-state index in [1.807, 2.05) is 24.3 Å². The van der Waals surface area contributed by atoms with Crippen LogP contribution in [0.4, 0.5) is 0 Å². The van der Waals surface area contributed by atoms with Gasteiger partial charge in [-0.05, 0) is 37.1 Å². The van der Waals surface area contributed by atoms with Crippen molar-refractivity contribution in [3.63, 3.8) is 0 Å². The maximum absolute atomic E-state index is 12.5. The number of likely N-dealkylation sites (tertiary alicyclic amines) is 1. The normalized spacial score (nSPS) is 15.6. The highest BCUT2D eigenvalue weighted by molar-refractivity contribution is 7.15. The third kappa shape index (κ3) is 3.02. The molecule has 0 bridgehead atoms. The number of carbonyl (C=O) groups excluding carboxylic acids is 1. The molecule has 0 spiro atoms. The summed E-state index contributed by atoms with van der Waals surface area (Å²) in [5.74, 6) is -0.167. The number of piperidine rings is 1. The Morgan fingerprint density at radius 1 is 1.12 bits per heavy atom. The number of aromatic carboxylic acids is 1. The average Bonchev–Trinajstić information content (AvgIpc) is 3.28. The fourth-order valence-corrected chi connectivity index (χ4v) is 3.93. The monoisotopic (exact) mass is 356 g/mol. The number of oxazole rings is 1. The minimum atomic E-state index is -1.00. The number of nitrogens with zero attached hydrogens (tertiary/aromatic N) is 2. The second-order valence-electron chi connectivity index (χ2n) is 6.06. The van der Waals surface area contributed by atoms with Gasteiger partial charge in [-0.2, -0.15) is 0 Å². The van der Waals surface area contributed by atoms with E-state index in [1.165, 1.54) is 6.07 Å². The van der Waals surface area contributed by atoms with Crippen LogP contribution in [0.5, 0.6) is 0 Å². The summed E-state index contributed by atoms with van der Waals surface area (Å²) in [7, 11) is 0. The second-order valence-corrected chi connectivity index (χ2v) is 7.14. The van der Waals surface area contributed by atoms with Crippen LogP contribution in [0.25, 0.3) is 11.1 Å². The van der Waals surface area contributed by atoms with Gasteiger partial charge < -0.3 is 14.4 Å². The maximum Gasteiger partial charge on any atom is 0.345 e. The number of benzene rings is 1. The van der Waals surface area contributed by atoms with E-state index >= 15 is 0 Å². The number of carboxylic acids is 1. The van der Waals surface area contributed by atoms with E-state index in [0.29, 0.717) is 18.0 Å². The van der Waals surface area contributed by atoms with Gasteiger partial charge in [-0.25, -0.2) is 9.78 Å². The lowest BCUT2D eigenvalue weighted by Gasteiger charge is -2.30. The van der Waals surface area contributed by atoms with Crippen LogP contribution in [0.1, 0.15) is 44.0 Å². The topological polar surface area (TPSA) is 83.6 Å². The maximum atomic E-state index is 12.5. The van der Waals surface area contributed by atoms with E-state index in [-0.39, 0.29) is 16.7 Å². The Hall–Kier alpha value is -2.67. The van der Waals surface area contributed by atoms with Gasteiger partial charge in [-0.1, -0.05) is 12.1 Å².